The number of nitrogens with zero attached hydrogens (tertiary/aromatic N) is 2. The second-order valence-electron chi connectivity index (χ2n) is 4.73. The molecule has 1 heterocycles. The number of rotatable bonds is 4. The van der Waals surface area contributed by atoms with E-state index in [9.17, 15) is 13.2 Å². The molecule has 0 atom stereocenters. The summed E-state index contributed by atoms with van der Waals surface area (Å²) in [6, 6.07) is 4.03. The topological polar surface area (TPSA) is 51.0 Å². The summed E-state index contributed by atoms with van der Waals surface area (Å²) in [4.78, 5) is 4.00. The fourth-order valence-corrected chi connectivity index (χ4v) is 2.03. The molecule has 1 aromatic heterocycles. The van der Waals surface area contributed by atoms with Crippen LogP contribution in [-0.4, -0.2) is 16.2 Å². The highest BCUT2D eigenvalue weighted by Gasteiger charge is 2.35. The molecule has 0 radical (unpaired) electrons. The molecule has 0 aliphatic carbocycles. The van der Waals surface area contributed by atoms with Gasteiger partial charge in [-0.25, -0.2) is 0 Å². The summed E-state index contributed by atoms with van der Waals surface area (Å²) in [6.07, 6.45) is -4.49. The van der Waals surface area contributed by atoms with Gasteiger partial charge in [0.2, 0.25) is 11.7 Å². The minimum absolute atomic E-state index is 0.0737. The third-order valence-electron chi connectivity index (χ3n) is 2.66. The van der Waals surface area contributed by atoms with Crippen molar-refractivity contribution in [1.29, 1.82) is 0 Å². The molecule has 0 bridgehead atoms. The Morgan fingerprint density at radius 3 is 2.67 bits per heavy atom. The van der Waals surface area contributed by atoms with E-state index < -0.39 is 11.7 Å². The Morgan fingerprint density at radius 1 is 1.33 bits per heavy atom. The Labute approximate surface area is 127 Å². The van der Waals surface area contributed by atoms with E-state index in [0.717, 1.165) is 6.07 Å². The molecule has 8 heteroatoms. The smallest absolute Gasteiger partial charge is 0.338 e. The third kappa shape index (κ3) is 4.04. The van der Waals surface area contributed by atoms with Crippen LogP contribution in [0.15, 0.2) is 27.2 Å². The zero-order chi connectivity index (χ0) is 15.6. The van der Waals surface area contributed by atoms with Gasteiger partial charge in [-0.3, -0.25) is 0 Å². The van der Waals surface area contributed by atoms with Crippen molar-refractivity contribution in [3.05, 3.63) is 34.1 Å². The van der Waals surface area contributed by atoms with Crippen LogP contribution in [0.2, 0.25) is 0 Å². The van der Waals surface area contributed by atoms with E-state index in [1.165, 1.54) is 12.1 Å². The fraction of sp³-hybridized carbons (Fsp3) is 0.385. The van der Waals surface area contributed by atoms with E-state index in [1.54, 1.807) is 0 Å². The van der Waals surface area contributed by atoms with Gasteiger partial charge in [0, 0.05) is 16.1 Å². The maximum Gasteiger partial charge on any atom is 0.417 e. The molecule has 21 heavy (non-hydrogen) atoms. The van der Waals surface area contributed by atoms with Crippen molar-refractivity contribution >= 4 is 15.9 Å². The average molecular weight is 364 g/mol. The van der Waals surface area contributed by atoms with Crippen molar-refractivity contribution in [2.45, 2.75) is 32.6 Å². The lowest BCUT2D eigenvalue weighted by Gasteiger charge is -2.10. The van der Waals surface area contributed by atoms with Crippen molar-refractivity contribution in [1.82, 2.24) is 15.5 Å². The highest BCUT2D eigenvalue weighted by molar-refractivity contribution is 9.10. The van der Waals surface area contributed by atoms with E-state index in [1.807, 2.05) is 13.8 Å². The average Bonchev–Trinajstić information content (AvgIpc) is 2.84. The maximum absolute atomic E-state index is 13.1. The fourth-order valence-electron chi connectivity index (χ4n) is 1.67. The number of hydrogen-bond acceptors (Lipinski definition) is 4. The van der Waals surface area contributed by atoms with Crippen LogP contribution in [0.1, 0.15) is 25.3 Å². The molecule has 4 nitrogen and oxygen atoms in total. The highest BCUT2D eigenvalue weighted by atomic mass is 79.9. The van der Waals surface area contributed by atoms with Crippen LogP contribution in [0.5, 0.6) is 0 Å². The molecule has 0 aliphatic heterocycles. The summed E-state index contributed by atoms with van der Waals surface area (Å²) in [7, 11) is 0. The summed E-state index contributed by atoms with van der Waals surface area (Å²) in [6.45, 7) is 4.18. The molecule has 0 amide bonds. The molecular formula is C13H13BrF3N3O. The number of alkyl halides is 3. The summed E-state index contributed by atoms with van der Waals surface area (Å²) in [5.74, 6) is 0.171. The van der Waals surface area contributed by atoms with Crippen molar-refractivity contribution in [2.75, 3.05) is 0 Å². The number of hydrogen-bond donors (Lipinski definition) is 1. The van der Waals surface area contributed by atoms with Crippen LogP contribution in [0, 0.1) is 0 Å². The lowest BCUT2D eigenvalue weighted by Crippen LogP contribution is -2.21. The van der Waals surface area contributed by atoms with Gasteiger partial charge < -0.3 is 9.84 Å². The van der Waals surface area contributed by atoms with E-state index in [2.05, 4.69) is 31.4 Å². The van der Waals surface area contributed by atoms with Gasteiger partial charge in [-0.2, -0.15) is 18.2 Å². The van der Waals surface area contributed by atoms with Gasteiger partial charge in [-0.15, -0.1) is 0 Å². The van der Waals surface area contributed by atoms with Crippen LogP contribution in [0.4, 0.5) is 13.2 Å². The largest absolute Gasteiger partial charge is 0.417 e. The molecular weight excluding hydrogens is 351 g/mol. The Morgan fingerprint density at radius 2 is 2.05 bits per heavy atom. The van der Waals surface area contributed by atoms with Gasteiger partial charge in [0.15, 0.2) is 0 Å². The van der Waals surface area contributed by atoms with Gasteiger partial charge in [-0.1, -0.05) is 34.9 Å². The predicted molar refractivity (Wildman–Crippen MR) is 74.4 cm³/mol. The van der Waals surface area contributed by atoms with Crippen LogP contribution in [0.3, 0.4) is 0 Å². The minimum atomic E-state index is -4.49. The van der Waals surface area contributed by atoms with Crippen molar-refractivity contribution in [3.63, 3.8) is 0 Å². The summed E-state index contributed by atoms with van der Waals surface area (Å²) >= 11 is 3.03. The zero-order valence-corrected chi connectivity index (χ0v) is 12.9. The quantitative estimate of drug-likeness (QED) is 0.891. The highest BCUT2D eigenvalue weighted by Crippen LogP contribution is 2.37. The van der Waals surface area contributed by atoms with Crippen molar-refractivity contribution < 1.29 is 17.7 Å². The van der Waals surface area contributed by atoms with Crippen LogP contribution < -0.4 is 5.32 Å². The van der Waals surface area contributed by atoms with E-state index in [-0.39, 0.29) is 23.3 Å². The molecule has 114 valence electrons. The summed E-state index contributed by atoms with van der Waals surface area (Å²) in [5, 5.41) is 6.68. The van der Waals surface area contributed by atoms with Crippen LogP contribution >= 0.6 is 15.9 Å². The molecule has 0 aliphatic rings. The lowest BCUT2D eigenvalue weighted by molar-refractivity contribution is -0.137. The number of benzene rings is 1. The SMILES string of the molecule is CC(C)NCc1nc(-c2ccc(Br)cc2C(F)(F)F)no1. The first-order valence-corrected chi connectivity index (χ1v) is 6.99. The Balaban J connectivity index is 2.34. The Kier molecular flexibility index (Phi) is 4.67. The van der Waals surface area contributed by atoms with Gasteiger partial charge in [-0.05, 0) is 18.2 Å². The lowest BCUT2D eigenvalue weighted by atomic mass is 10.1. The van der Waals surface area contributed by atoms with Crippen LogP contribution in [0.25, 0.3) is 11.4 Å². The van der Waals surface area contributed by atoms with Gasteiger partial charge >= 0.3 is 6.18 Å². The third-order valence-corrected chi connectivity index (χ3v) is 3.15. The zero-order valence-electron chi connectivity index (χ0n) is 11.3. The second kappa shape index (κ2) is 6.15. The number of nitrogens with one attached hydrogen (secondary N) is 1. The van der Waals surface area contributed by atoms with Gasteiger partial charge in [0.05, 0.1) is 12.1 Å². The standard InChI is InChI=1S/C13H13BrF3N3O/c1-7(2)18-6-11-19-12(20-21-11)9-4-3-8(14)5-10(9)13(15,16)17/h3-5,7,18H,6H2,1-2H3. The molecule has 2 aromatic rings. The van der Waals surface area contributed by atoms with Gasteiger partial charge in [0.1, 0.15) is 0 Å². The van der Waals surface area contributed by atoms with Crippen LogP contribution in [-0.2, 0) is 12.7 Å². The summed E-state index contributed by atoms with van der Waals surface area (Å²) < 4.78 is 44.5. The normalized spacial score (nSPS) is 12.1. The maximum atomic E-state index is 13.1. The Bertz CT molecular complexity index is 625. The second-order valence-corrected chi connectivity index (χ2v) is 5.65. The molecule has 1 aromatic carbocycles. The van der Waals surface area contributed by atoms with E-state index in [4.69, 9.17) is 4.52 Å². The van der Waals surface area contributed by atoms with E-state index in [0.29, 0.717) is 11.0 Å². The van der Waals surface area contributed by atoms with Gasteiger partial charge in [0.25, 0.3) is 0 Å². The van der Waals surface area contributed by atoms with Crippen molar-refractivity contribution in [3.8, 4) is 11.4 Å². The van der Waals surface area contributed by atoms with Crippen molar-refractivity contribution in [2.24, 2.45) is 0 Å². The molecule has 2 rings (SSSR count). The molecule has 0 spiro atoms. The molecule has 1 N–H and O–H groups in total. The Hall–Kier alpha value is -1.41. The molecule has 0 saturated heterocycles. The number of halogens is 4. The minimum Gasteiger partial charge on any atom is -0.338 e. The first-order valence-electron chi connectivity index (χ1n) is 6.20. The van der Waals surface area contributed by atoms with E-state index >= 15 is 0 Å². The first-order chi connectivity index (χ1) is 9.77. The first kappa shape index (κ1) is 16.0. The monoisotopic (exact) mass is 363 g/mol. The molecule has 0 unspecified atom stereocenters. The molecule has 0 saturated carbocycles. The molecule has 0 fully saturated rings. The number of aromatic nitrogens is 2. The summed E-state index contributed by atoms with van der Waals surface area (Å²) in [5.41, 5.74) is -0.911. The predicted octanol–water partition coefficient (Wildman–Crippen LogP) is 4.02.